The zero-order chi connectivity index (χ0) is 14.5. The molecule has 0 aliphatic heterocycles. The molecule has 0 spiro atoms. The molecule has 1 aromatic carbocycles. The number of amides is 1. The van der Waals surface area contributed by atoms with E-state index < -0.39 is 5.82 Å². The van der Waals surface area contributed by atoms with Crippen molar-refractivity contribution >= 4 is 17.3 Å². The van der Waals surface area contributed by atoms with E-state index >= 15 is 0 Å². The third-order valence-corrected chi connectivity index (χ3v) is 3.75. The van der Waals surface area contributed by atoms with Gasteiger partial charge in [0.25, 0.3) is 0 Å². The van der Waals surface area contributed by atoms with E-state index in [1.54, 1.807) is 0 Å². The molecule has 0 unspecified atom stereocenters. The predicted octanol–water partition coefficient (Wildman–Crippen LogP) is 2.47. The van der Waals surface area contributed by atoms with E-state index in [4.69, 9.17) is 5.73 Å². The minimum absolute atomic E-state index is 0.121. The molecule has 20 heavy (non-hydrogen) atoms. The van der Waals surface area contributed by atoms with E-state index in [-0.39, 0.29) is 11.6 Å². The Labute approximate surface area is 119 Å². The van der Waals surface area contributed by atoms with Gasteiger partial charge in [0.2, 0.25) is 5.91 Å². The van der Waals surface area contributed by atoms with E-state index in [1.165, 1.54) is 43.9 Å². The summed E-state index contributed by atoms with van der Waals surface area (Å²) in [6, 6.07) is 3.98. The number of nitrogens with zero attached hydrogens (tertiary/aromatic N) is 1. The van der Waals surface area contributed by atoms with E-state index in [0.29, 0.717) is 18.2 Å². The first-order valence-electron chi connectivity index (χ1n) is 7.08. The molecule has 1 aliphatic rings. The van der Waals surface area contributed by atoms with Crippen LogP contribution in [0.4, 0.5) is 15.8 Å². The van der Waals surface area contributed by atoms with Crippen LogP contribution in [-0.2, 0) is 4.79 Å². The molecule has 1 saturated carbocycles. The van der Waals surface area contributed by atoms with E-state index in [9.17, 15) is 9.18 Å². The van der Waals surface area contributed by atoms with Crippen molar-refractivity contribution in [2.24, 2.45) is 5.92 Å². The predicted molar refractivity (Wildman–Crippen MR) is 78.9 cm³/mol. The lowest BCUT2D eigenvalue weighted by molar-refractivity contribution is -0.117. The SMILES string of the molecule is CN(CC(=O)Nc1ccc(F)cc1N)CC1CCCC1. The molecule has 1 amide bonds. The summed E-state index contributed by atoms with van der Waals surface area (Å²) in [5, 5.41) is 2.72. The zero-order valence-electron chi connectivity index (χ0n) is 11.9. The normalized spacial score (nSPS) is 15.8. The maximum atomic E-state index is 12.9. The number of nitrogen functional groups attached to an aromatic ring is 1. The first kappa shape index (κ1) is 14.8. The van der Waals surface area contributed by atoms with Crippen molar-refractivity contribution in [1.29, 1.82) is 0 Å². The van der Waals surface area contributed by atoms with Crippen molar-refractivity contribution < 1.29 is 9.18 Å². The number of carbonyl (C=O) groups is 1. The fraction of sp³-hybridized carbons (Fsp3) is 0.533. The summed E-state index contributed by atoms with van der Waals surface area (Å²) >= 11 is 0. The maximum absolute atomic E-state index is 12.9. The van der Waals surface area contributed by atoms with Crippen molar-refractivity contribution in [2.45, 2.75) is 25.7 Å². The summed E-state index contributed by atoms with van der Waals surface area (Å²) < 4.78 is 12.9. The van der Waals surface area contributed by atoms with Crippen LogP contribution in [0, 0.1) is 11.7 Å². The molecule has 0 radical (unpaired) electrons. The first-order chi connectivity index (χ1) is 9.54. The van der Waals surface area contributed by atoms with Crippen LogP contribution >= 0.6 is 0 Å². The quantitative estimate of drug-likeness (QED) is 0.814. The minimum Gasteiger partial charge on any atom is -0.397 e. The number of anilines is 2. The van der Waals surface area contributed by atoms with Crippen LogP contribution in [0.3, 0.4) is 0 Å². The van der Waals surface area contributed by atoms with E-state index in [2.05, 4.69) is 5.32 Å². The van der Waals surface area contributed by atoms with E-state index in [1.807, 2.05) is 11.9 Å². The molecule has 1 fully saturated rings. The first-order valence-corrected chi connectivity index (χ1v) is 7.08. The smallest absolute Gasteiger partial charge is 0.238 e. The zero-order valence-corrected chi connectivity index (χ0v) is 11.9. The molecule has 0 heterocycles. The topological polar surface area (TPSA) is 58.4 Å². The standard InChI is InChI=1S/C15H22FN3O/c1-19(9-11-4-2-3-5-11)10-15(20)18-14-7-6-12(16)8-13(14)17/h6-8,11H,2-5,9-10,17H2,1H3,(H,18,20). The Bertz CT molecular complexity index is 472. The van der Waals surface area contributed by atoms with Crippen LogP contribution in [0.25, 0.3) is 0 Å². The number of hydrogen-bond donors (Lipinski definition) is 2. The van der Waals surface area contributed by atoms with Gasteiger partial charge in [0, 0.05) is 6.54 Å². The molecular weight excluding hydrogens is 257 g/mol. The lowest BCUT2D eigenvalue weighted by Gasteiger charge is -2.20. The fourth-order valence-corrected chi connectivity index (χ4v) is 2.78. The maximum Gasteiger partial charge on any atom is 0.238 e. The number of benzene rings is 1. The lowest BCUT2D eigenvalue weighted by Crippen LogP contribution is -2.33. The van der Waals surface area contributed by atoms with Crippen LogP contribution in [0.2, 0.25) is 0 Å². The molecule has 5 heteroatoms. The number of nitrogens with two attached hydrogens (primary N) is 1. The second-order valence-electron chi connectivity index (χ2n) is 5.63. The minimum atomic E-state index is -0.404. The second kappa shape index (κ2) is 6.70. The molecule has 2 rings (SSSR count). The number of carbonyl (C=O) groups excluding carboxylic acids is 1. The Morgan fingerprint density at radius 3 is 2.80 bits per heavy atom. The number of halogens is 1. The number of rotatable bonds is 5. The van der Waals surface area contributed by atoms with Gasteiger partial charge in [0.1, 0.15) is 5.82 Å². The van der Waals surface area contributed by atoms with Crippen LogP contribution in [0.1, 0.15) is 25.7 Å². The third-order valence-electron chi connectivity index (χ3n) is 3.75. The third kappa shape index (κ3) is 4.20. The van der Waals surface area contributed by atoms with Gasteiger partial charge in [0.15, 0.2) is 0 Å². The van der Waals surface area contributed by atoms with Crippen LogP contribution in [0.5, 0.6) is 0 Å². The fourth-order valence-electron chi connectivity index (χ4n) is 2.78. The molecule has 0 aromatic heterocycles. The summed E-state index contributed by atoms with van der Waals surface area (Å²) in [7, 11) is 1.95. The van der Waals surface area contributed by atoms with Gasteiger partial charge in [0.05, 0.1) is 17.9 Å². The summed E-state index contributed by atoms with van der Waals surface area (Å²) in [6.07, 6.45) is 5.13. The molecule has 1 aliphatic carbocycles. The summed E-state index contributed by atoms with van der Waals surface area (Å²) in [4.78, 5) is 14.0. The van der Waals surface area contributed by atoms with Gasteiger partial charge in [-0.3, -0.25) is 9.69 Å². The van der Waals surface area contributed by atoms with Crippen LogP contribution < -0.4 is 11.1 Å². The van der Waals surface area contributed by atoms with Crippen LogP contribution in [-0.4, -0.2) is 30.9 Å². The average Bonchev–Trinajstić information content (AvgIpc) is 2.85. The van der Waals surface area contributed by atoms with Gasteiger partial charge < -0.3 is 11.1 Å². The highest BCUT2D eigenvalue weighted by molar-refractivity contribution is 5.95. The summed E-state index contributed by atoms with van der Waals surface area (Å²) in [5.41, 5.74) is 6.37. The summed E-state index contributed by atoms with van der Waals surface area (Å²) in [5.74, 6) is 0.186. The highest BCUT2D eigenvalue weighted by Crippen LogP contribution is 2.25. The Kier molecular flexibility index (Phi) is 4.95. The number of likely N-dealkylation sites (N-methyl/N-ethyl adjacent to an activating group) is 1. The molecule has 3 N–H and O–H groups in total. The van der Waals surface area contributed by atoms with Gasteiger partial charge in [-0.25, -0.2) is 4.39 Å². The Morgan fingerprint density at radius 1 is 1.45 bits per heavy atom. The van der Waals surface area contributed by atoms with Crippen molar-refractivity contribution in [3.05, 3.63) is 24.0 Å². The average molecular weight is 279 g/mol. The second-order valence-corrected chi connectivity index (χ2v) is 5.63. The summed E-state index contributed by atoms with van der Waals surface area (Å²) in [6.45, 7) is 1.28. The molecule has 0 atom stereocenters. The van der Waals surface area contributed by atoms with Crippen molar-refractivity contribution in [2.75, 3.05) is 31.2 Å². The van der Waals surface area contributed by atoms with Gasteiger partial charge >= 0.3 is 0 Å². The highest BCUT2D eigenvalue weighted by atomic mass is 19.1. The van der Waals surface area contributed by atoms with Gasteiger partial charge in [-0.2, -0.15) is 0 Å². The highest BCUT2D eigenvalue weighted by Gasteiger charge is 2.18. The molecular formula is C15H22FN3O. The molecule has 0 saturated heterocycles. The number of nitrogens with one attached hydrogen (secondary N) is 1. The molecule has 110 valence electrons. The van der Waals surface area contributed by atoms with Crippen molar-refractivity contribution in [3.8, 4) is 0 Å². The lowest BCUT2D eigenvalue weighted by atomic mass is 10.1. The molecule has 1 aromatic rings. The van der Waals surface area contributed by atoms with E-state index in [0.717, 1.165) is 6.54 Å². The Hall–Kier alpha value is -1.62. The number of hydrogen-bond acceptors (Lipinski definition) is 3. The van der Waals surface area contributed by atoms with Crippen molar-refractivity contribution in [3.63, 3.8) is 0 Å². The molecule has 0 bridgehead atoms. The van der Waals surface area contributed by atoms with Gasteiger partial charge in [-0.05, 0) is 44.0 Å². The van der Waals surface area contributed by atoms with Crippen LogP contribution in [0.15, 0.2) is 18.2 Å². The van der Waals surface area contributed by atoms with Gasteiger partial charge in [-0.1, -0.05) is 12.8 Å². The Morgan fingerprint density at radius 2 is 2.15 bits per heavy atom. The van der Waals surface area contributed by atoms with Gasteiger partial charge in [-0.15, -0.1) is 0 Å². The monoisotopic (exact) mass is 279 g/mol. The Balaban J connectivity index is 1.82. The largest absolute Gasteiger partial charge is 0.397 e. The molecule has 4 nitrogen and oxygen atoms in total. The van der Waals surface area contributed by atoms with Crippen molar-refractivity contribution in [1.82, 2.24) is 4.90 Å².